The number of benzene rings is 1. The lowest BCUT2D eigenvalue weighted by Crippen LogP contribution is -2.12. The van der Waals surface area contributed by atoms with Gasteiger partial charge in [-0.1, -0.05) is 6.92 Å². The van der Waals surface area contributed by atoms with E-state index in [0.29, 0.717) is 11.0 Å². The summed E-state index contributed by atoms with van der Waals surface area (Å²) < 4.78 is 39.2. The smallest absolute Gasteiger partial charge is 0.323 e. The molecule has 0 N–H and O–H groups in total. The molecule has 1 heterocycles. The van der Waals surface area contributed by atoms with E-state index < -0.39 is 12.0 Å². The molecule has 0 aliphatic carbocycles. The van der Waals surface area contributed by atoms with E-state index in [9.17, 15) is 13.2 Å². The number of thioether (sulfide) groups is 1. The Morgan fingerprint density at radius 2 is 2.06 bits per heavy atom. The Morgan fingerprint density at radius 1 is 1.33 bits per heavy atom. The number of rotatable bonds is 3. The SMILES string of the molecule is CCCSc1ccc2nc(C(F)(F)F)n(C)c2c1. The Bertz CT molecular complexity index is 560. The number of hydrogen-bond donors (Lipinski definition) is 0. The zero-order valence-corrected chi connectivity index (χ0v) is 10.9. The van der Waals surface area contributed by atoms with Gasteiger partial charge in [0.2, 0.25) is 5.82 Å². The molecule has 6 heteroatoms. The maximum absolute atomic E-state index is 12.7. The number of halogens is 3. The summed E-state index contributed by atoms with van der Waals surface area (Å²) in [4.78, 5) is 4.61. The topological polar surface area (TPSA) is 17.8 Å². The quantitative estimate of drug-likeness (QED) is 0.784. The fourth-order valence-corrected chi connectivity index (χ4v) is 2.53. The van der Waals surface area contributed by atoms with Crippen molar-refractivity contribution in [2.24, 2.45) is 7.05 Å². The summed E-state index contributed by atoms with van der Waals surface area (Å²) >= 11 is 1.64. The third-order valence-corrected chi connectivity index (χ3v) is 3.78. The molecule has 0 saturated heterocycles. The molecule has 1 aromatic heterocycles. The van der Waals surface area contributed by atoms with Crippen molar-refractivity contribution in [1.29, 1.82) is 0 Å². The van der Waals surface area contributed by atoms with Gasteiger partial charge >= 0.3 is 6.18 Å². The molecule has 1 aromatic carbocycles. The molecule has 2 rings (SSSR count). The molecule has 0 amide bonds. The van der Waals surface area contributed by atoms with Gasteiger partial charge < -0.3 is 4.57 Å². The molecule has 0 radical (unpaired) electrons. The molecular weight excluding hydrogens is 261 g/mol. The van der Waals surface area contributed by atoms with Gasteiger partial charge in [-0.2, -0.15) is 13.2 Å². The number of hydrogen-bond acceptors (Lipinski definition) is 2. The Balaban J connectivity index is 2.47. The molecular formula is C12H13F3N2S. The zero-order chi connectivity index (χ0) is 13.3. The summed E-state index contributed by atoms with van der Waals surface area (Å²) in [5.74, 6) is 0.102. The minimum atomic E-state index is -4.41. The van der Waals surface area contributed by atoms with Gasteiger partial charge in [0.25, 0.3) is 0 Å². The summed E-state index contributed by atoms with van der Waals surface area (Å²) in [7, 11) is 1.40. The van der Waals surface area contributed by atoms with Gasteiger partial charge in [-0.05, 0) is 30.4 Å². The van der Waals surface area contributed by atoms with Crippen LogP contribution < -0.4 is 0 Å². The Labute approximate surface area is 107 Å². The van der Waals surface area contributed by atoms with E-state index in [-0.39, 0.29) is 0 Å². The first kappa shape index (κ1) is 13.3. The van der Waals surface area contributed by atoms with E-state index >= 15 is 0 Å². The average molecular weight is 274 g/mol. The van der Waals surface area contributed by atoms with Crippen LogP contribution in [-0.4, -0.2) is 15.3 Å². The van der Waals surface area contributed by atoms with Crippen LogP contribution in [0, 0.1) is 0 Å². The van der Waals surface area contributed by atoms with Crippen molar-refractivity contribution in [1.82, 2.24) is 9.55 Å². The van der Waals surface area contributed by atoms with Crippen LogP contribution in [0.5, 0.6) is 0 Å². The highest BCUT2D eigenvalue weighted by molar-refractivity contribution is 7.99. The predicted molar refractivity (Wildman–Crippen MR) is 66.7 cm³/mol. The average Bonchev–Trinajstić information content (AvgIpc) is 2.64. The van der Waals surface area contributed by atoms with Crippen molar-refractivity contribution < 1.29 is 13.2 Å². The molecule has 18 heavy (non-hydrogen) atoms. The largest absolute Gasteiger partial charge is 0.449 e. The minimum absolute atomic E-state index is 0.380. The van der Waals surface area contributed by atoms with Crippen LogP contribution in [0.3, 0.4) is 0 Å². The first-order chi connectivity index (χ1) is 8.43. The van der Waals surface area contributed by atoms with E-state index in [0.717, 1.165) is 21.6 Å². The molecule has 2 aromatic rings. The van der Waals surface area contributed by atoms with Gasteiger partial charge in [0.05, 0.1) is 11.0 Å². The van der Waals surface area contributed by atoms with Crippen LogP contribution in [0.1, 0.15) is 19.2 Å². The van der Waals surface area contributed by atoms with E-state index in [1.165, 1.54) is 7.05 Å². The number of imidazole rings is 1. The molecule has 0 unspecified atom stereocenters. The number of nitrogens with zero attached hydrogens (tertiary/aromatic N) is 2. The highest BCUT2D eigenvalue weighted by Gasteiger charge is 2.36. The third kappa shape index (κ3) is 2.48. The number of fused-ring (bicyclic) bond motifs is 1. The van der Waals surface area contributed by atoms with Gasteiger partial charge in [-0.15, -0.1) is 11.8 Å². The minimum Gasteiger partial charge on any atom is -0.323 e. The molecule has 0 bridgehead atoms. The molecule has 0 spiro atoms. The standard InChI is InChI=1S/C12H13F3N2S/c1-3-6-18-8-4-5-9-10(7-8)17(2)11(16-9)12(13,14)15/h4-5,7H,3,6H2,1-2H3. The van der Waals surface area contributed by atoms with Crippen molar-refractivity contribution in [3.63, 3.8) is 0 Å². The van der Waals surface area contributed by atoms with Gasteiger partial charge in [-0.25, -0.2) is 4.98 Å². The lowest BCUT2D eigenvalue weighted by atomic mass is 10.3. The second-order valence-electron chi connectivity index (χ2n) is 3.99. The highest BCUT2D eigenvalue weighted by Crippen LogP contribution is 2.32. The van der Waals surface area contributed by atoms with E-state index in [2.05, 4.69) is 11.9 Å². The first-order valence-corrected chi connectivity index (χ1v) is 6.58. The normalized spacial score (nSPS) is 12.3. The summed E-state index contributed by atoms with van der Waals surface area (Å²) in [6.07, 6.45) is -3.38. The van der Waals surface area contributed by atoms with Gasteiger partial charge in [0.15, 0.2) is 0 Å². The highest BCUT2D eigenvalue weighted by atomic mass is 32.2. The van der Waals surface area contributed by atoms with Crippen molar-refractivity contribution in [2.75, 3.05) is 5.75 Å². The number of alkyl halides is 3. The lowest BCUT2D eigenvalue weighted by molar-refractivity contribution is -0.146. The lowest BCUT2D eigenvalue weighted by Gasteiger charge is -2.05. The van der Waals surface area contributed by atoms with Crippen molar-refractivity contribution in [2.45, 2.75) is 24.4 Å². The Hall–Kier alpha value is -1.17. The molecule has 0 aliphatic heterocycles. The van der Waals surface area contributed by atoms with E-state index in [1.807, 2.05) is 6.07 Å². The Kier molecular flexibility index (Phi) is 3.56. The van der Waals surface area contributed by atoms with E-state index in [4.69, 9.17) is 0 Å². The van der Waals surface area contributed by atoms with Crippen LogP contribution in [0.25, 0.3) is 11.0 Å². The van der Waals surface area contributed by atoms with Gasteiger partial charge in [0, 0.05) is 11.9 Å². The monoisotopic (exact) mass is 274 g/mol. The molecule has 0 aliphatic rings. The number of aromatic nitrogens is 2. The molecule has 2 nitrogen and oxygen atoms in total. The second kappa shape index (κ2) is 4.84. The first-order valence-electron chi connectivity index (χ1n) is 5.60. The fraction of sp³-hybridized carbons (Fsp3) is 0.417. The van der Waals surface area contributed by atoms with Crippen molar-refractivity contribution in [3.8, 4) is 0 Å². The zero-order valence-electron chi connectivity index (χ0n) is 10.1. The van der Waals surface area contributed by atoms with Crippen LogP contribution in [0.4, 0.5) is 13.2 Å². The van der Waals surface area contributed by atoms with Gasteiger partial charge in [0.1, 0.15) is 0 Å². The molecule has 0 atom stereocenters. The maximum atomic E-state index is 12.7. The van der Waals surface area contributed by atoms with Crippen LogP contribution in [-0.2, 0) is 13.2 Å². The third-order valence-electron chi connectivity index (χ3n) is 2.58. The van der Waals surface area contributed by atoms with Gasteiger partial charge in [-0.3, -0.25) is 0 Å². The fourth-order valence-electron chi connectivity index (χ4n) is 1.73. The summed E-state index contributed by atoms with van der Waals surface area (Å²) in [5, 5.41) is 0. The number of aryl methyl sites for hydroxylation is 1. The van der Waals surface area contributed by atoms with Crippen LogP contribution in [0.2, 0.25) is 0 Å². The van der Waals surface area contributed by atoms with Crippen LogP contribution >= 0.6 is 11.8 Å². The predicted octanol–water partition coefficient (Wildman–Crippen LogP) is 4.09. The second-order valence-corrected chi connectivity index (χ2v) is 5.16. The van der Waals surface area contributed by atoms with E-state index in [1.54, 1.807) is 23.9 Å². The molecule has 0 saturated carbocycles. The van der Waals surface area contributed by atoms with Crippen LogP contribution in [0.15, 0.2) is 23.1 Å². The summed E-state index contributed by atoms with van der Waals surface area (Å²) in [6.45, 7) is 2.07. The van der Waals surface area contributed by atoms with Crippen molar-refractivity contribution in [3.05, 3.63) is 24.0 Å². The summed E-state index contributed by atoms with van der Waals surface area (Å²) in [5.41, 5.74) is 0.897. The molecule has 0 fully saturated rings. The molecule has 98 valence electrons. The maximum Gasteiger partial charge on any atom is 0.449 e. The van der Waals surface area contributed by atoms with Crippen molar-refractivity contribution >= 4 is 22.8 Å². The summed E-state index contributed by atoms with van der Waals surface area (Å²) in [6, 6.07) is 5.22. The Morgan fingerprint density at radius 3 is 2.67 bits per heavy atom.